The molecule has 1 heterocycles. The smallest absolute Gasteiger partial charge is 0.186 e. The third kappa shape index (κ3) is 2.76. The Morgan fingerprint density at radius 1 is 1.41 bits per heavy atom. The van der Waals surface area contributed by atoms with Crippen molar-refractivity contribution in [3.63, 3.8) is 0 Å². The summed E-state index contributed by atoms with van der Waals surface area (Å²) in [6.45, 7) is 0. The molecule has 1 aromatic heterocycles. The average molecular weight is 314 g/mol. The molecule has 0 saturated heterocycles. The van der Waals surface area contributed by atoms with Crippen LogP contribution in [0, 0.1) is 0 Å². The van der Waals surface area contributed by atoms with E-state index in [0.717, 1.165) is 10.0 Å². The van der Waals surface area contributed by atoms with Gasteiger partial charge in [0, 0.05) is 18.5 Å². The molecule has 1 aromatic carbocycles. The number of hydrogen-bond donors (Lipinski definition) is 0. The highest BCUT2D eigenvalue weighted by molar-refractivity contribution is 9.10. The average Bonchev–Trinajstić information content (AvgIpc) is 2.62. The molecule has 0 aliphatic heterocycles. The van der Waals surface area contributed by atoms with E-state index in [4.69, 9.17) is 11.6 Å². The van der Waals surface area contributed by atoms with Crippen LogP contribution in [-0.4, -0.2) is 15.6 Å². The van der Waals surface area contributed by atoms with Gasteiger partial charge in [0.15, 0.2) is 5.78 Å². The fourth-order valence-electron chi connectivity index (χ4n) is 1.60. The monoisotopic (exact) mass is 312 g/mol. The Balaban J connectivity index is 2.20. The lowest BCUT2D eigenvalue weighted by Crippen LogP contribution is -2.10. The van der Waals surface area contributed by atoms with Crippen molar-refractivity contribution < 1.29 is 4.79 Å². The lowest BCUT2D eigenvalue weighted by molar-refractivity contribution is 0.0983. The quantitative estimate of drug-likeness (QED) is 0.815. The maximum atomic E-state index is 12.1. The van der Waals surface area contributed by atoms with Crippen LogP contribution in [0.15, 0.2) is 34.9 Å². The van der Waals surface area contributed by atoms with Gasteiger partial charge in [0.25, 0.3) is 0 Å². The molecule has 2 rings (SSSR count). The zero-order chi connectivity index (χ0) is 12.4. The molecule has 17 heavy (non-hydrogen) atoms. The topological polar surface area (TPSA) is 34.9 Å². The van der Waals surface area contributed by atoms with E-state index in [-0.39, 0.29) is 5.78 Å². The van der Waals surface area contributed by atoms with Crippen LogP contribution in [0.2, 0.25) is 5.02 Å². The Morgan fingerprint density at radius 3 is 2.59 bits per heavy atom. The summed E-state index contributed by atoms with van der Waals surface area (Å²) in [6, 6.07) is 7.26. The molecule has 0 N–H and O–H groups in total. The predicted molar refractivity (Wildman–Crippen MR) is 70.4 cm³/mol. The van der Waals surface area contributed by atoms with Crippen LogP contribution in [0.3, 0.4) is 0 Å². The number of carbonyl (C=O) groups is 1. The second-order valence-corrected chi connectivity index (χ2v) is 4.98. The van der Waals surface area contributed by atoms with Gasteiger partial charge in [-0.25, -0.2) is 0 Å². The van der Waals surface area contributed by atoms with Crippen molar-refractivity contribution in [3.05, 3.63) is 51.2 Å². The van der Waals surface area contributed by atoms with Gasteiger partial charge in [0.2, 0.25) is 0 Å². The number of benzene rings is 1. The van der Waals surface area contributed by atoms with Crippen molar-refractivity contribution >= 4 is 33.3 Å². The number of hydrogen-bond acceptors (Lipinski definition) is 2. The highest BCUT2D eigenvalue weighted by atomic mass is 79.9. The van der Waals surface area contributed by atoms with Crippen molar-refractivity contribution in [2.24, 2.45) is 7.05 Å². The van der Waals surface area contributed by atoms with Crippen LogP contribution in [0.5, 0.6) is 0 Å². The Morgan fingerprint density at radius 2 is 2.06 bits per heavy atom. The predicted octanol–water partition coefficient (Wildman–Crippen LogP) is 3.26. The lowest BCUT2D eigenvalue weighted by atomic mass is 10.1. The fourth-order valence-corrected chi connectivity index (χ4v) is 2.29. The molecule has 0 amide bonds. The van der Waals surface area contributed by atoms with Gasteiger partial charge in [-0.3, -0.25) is 9.48 Å². The second kappa shape index (κ2) is 5.02. The van der Waals surface area contributed by atoms with Gasteiger partial charge in [0.05, 0.1) is 10.7 Å². The van der Waals surface area contributed by atoms with Crippen LogP contribution in [-0.2, 0) is 13.5 Å². The number of rotatable bonds is 3. The number of nitrogens with zero attached hydrogens (tertiary/aromatic N) is 2. The highest BCUT2D eigenvalue weighted by Crippen LogP contribution is 2.18. The number of carbonyl (C=O) groups excluding carboxylic acids is 1. The van der Waals surface area contributed by atoms with Crippen molar-refractivity contribution in [2.45, 2.75) is 6.42 Å². The van der Waals surface area contributed by atoms with E-state index >= 15 is 0 Å². The summed E-state index contributed by atoms with van der Waals surface area (Å²) in [4.78, 5) is 12.1. The van der Waals surface area contributed by atoms with Gasteiger partial charge in [-0.15, -0.1) is 0 Å². The first kappa shape index (κ1) is 12.3. The minimum atomic E-state index is 0.0270. The molecule has 0 radical (unpaired) electrons. The van der Waals surface area contributed by atoms with E-state index in [1.165, 1.54) is 0 Å². The molecule has 0 atom stereocenters. The third-order valence-corrected chi connectivity index (χ3v) is 3.27. The molecular weight excluding hydrogens is 304 g/mol. The van der Waals surface area contributed by atoms with E-state index in [0.29, 0.717) is 17.1 Å². The van der Waals surface area contributed by atoms with Crippen molar-refractivity contribution in [1.29, 1.82) is 0 Å². The molecule has 0 fully saturated rings. The molecule has 0 spiro atoms. The van der Waals surface area contributed by atoms with Gasteiger partial charge in [-0.05, 0) is 33.6 Å². The first-order valence-corrected chi connectivity index (χ1v) is 6.20. The summed E-state index contributed by atoms with van der Waals surface area (Å²) in [5.41, 5.74) is 1.52. The molecular formula is C12H10BrClN2O. The van der Waals surface area contributed by atoms with Crippen LogP contribution >= 0.6 is 27.5 Å². The summed E-state index contributed by atoms with van der Waals surface area (Å²) in [7, 11) is 1.75. The maximum absolute atomic E-state index is 12.1. The minimum absolute atomic E-state index is 0.0270. The summed E-state index contributed by atoms with van der Waals surface area (Å²) < 4.78 is 2.29. The van der Waals surface area contributed by atoms with Gasteiger partial charge in [-0.1, -0.05) is 23.7 Å². The summed E-state index contributed by atoms with van der Waals surface area (Å²) in [5, 5.41) is 4.69. The van der Waals surface area contributed by atoms with Gasteiger partial charge in [-0.2, -0.15) is 5.10 Å². The largest absolute Gasteiger partial charge is 0.292 e. The normalized spacial score (nSPS) is 10.5. The van der Waals surface area contributed by atoms with Crippen molar-refractivity contribution in [1.82, 2.24) is 9.78 Å². The standard InChI is InChI=1S/C12H10BrClN2O/c1-16-12(10(13)7-15-16)11(17)6-8-2-4-9(14)5-3-8/h2-5,7H,6H2,1H3. The zero-order valence-electron chi connectivity index (χ0n) is 9.15. The van der Waals surface area contributed by atoms with Gasteiger partial charge < -0.3 is 0 Å². The van der Waals surface area contributed by atoms with Crippen molar-refractivity contribution in [2.75, 3.05) is 0 Å². The molecule has 0 unspecified atom stereocenters. The Labute approximate surface area is 113 Å². The van der Waals surface area contributed by atoms with Crippen molar-refractivity contribution in [3.8, 4) is 0 Å². The second-order valence-electron chi connectivity index (χ2n) is 3.69. The number of aromatic nitrogens is 2. The molecule has 0 bridgehead atoms. The summed E-state index contributed by atoms with van der Waals surface area (Å²) in [6.07, 6.45) is 1.96. The lowest BCUT2D eigenvalue weighted by Gasteiger charge is -2.03. The number of halogens is 2. The molecule has 0 aliphatic rings. The molecule has 0 aliphatic carbocycles. The highest BCUT2D eigenvalue weighted by Gasteiger charge is 2.15. The van der Waals surface area contributed by atoms with Gasteiger partial charge >= 0.3 is 0 Å². The number of ketones is 1. The molecule has 88 valence electrons. The number of Topliss-reactive ketones (excluding diaryl/α,β-unsaturated/α-hetero) is 1. The Bertz CT molecular complexity index is 529. The van der Waals surface area contributed by atoms with E-state index in [1.54, 1.807) is 30.1 Å². The molecule has 5 heteroatoms. The minimum Gasteiger partial charge on any atom is -0.292 e. The maximum Gasteiger partial charge on any atom is 0.186 e. The van der Waals surface area contributed by atoms with E-state index in [1.807, 2.05) is 12.1 Å². The van der Waals surface area contributed by atoms with E-state index in [2.05, 4.69) is 21.0 Å². The first-order valence-electron chi connectivity index (χ1n) is 5.03. The van der Waals surface area contributed by atoms with E-state index < -0.39 is 0 Å². The number of aryl methyl sites for hydroxylation is 1. The molecule has 0 saturated carbocycles. The third-order valence-electron chi connectivity index (χ3n) is 2.44. The first-order chi connectivity index (χ1) is 8.08. The SMILES string of the molecule is Cn1ncc(Br)c1C(=O)Cc1ccc(Cl)cc1. The van der Waals surface area contributed by atoms with Gasteiger partial charge in [0.1, 0.15) is 5.69 Å². The van der Waals surface area contributed by atoms with Crippen LogP contribution in [0.25, 0.3) is 0 Å². The Hall–Kier alpha value is -1.13. The fraction of sp³-hybridized carbons (Fsp3) is 0.167. The zero-order valence-corrected chi connectivity index (χ0v) is 11.5. The van der Waals surface area contributed by atoms with Crippen LogP contribution in [0.1, 0.15) is 16.1 Å². The summed E-state index contributed by atoms with van der Waals surface area (Å²) >= 11 is 9.11. The van der Waals surface area contributed by atoms with Crippen LogP contribution in [0.4, 0.5) is 0 Å². The van der Waals surface area contributed by atoms with Crippen LogP contribution < -0.4 is 0 Å². The molecule has 3 nitrogen and oxygen atoms in total. The van der Waals surface area contributed by atoms with E-state index in [9.17, 15) is 4.79 Å². The summed E-state index contributed by atoms with van der Waals surface area (Å²) in [5.74, 6) is 0.0270. The Kier molecular flexibility index (Phi) is 3.64. The molecule has 2 aromatic rings.